The number of carbonyl (C=O) groups is 2. The fraction of sp³-hybridized carbons (Fsp3) is 0.500. The third kappa shape index (κ3) is 6.74. The van der Waals surface area contributed by atoms with E-state index in [4.69, 9.17) is 4.18 Å². The van der Waals surface area contributed by atoms with E-state index in [9.17, 15) is 9.59 Å². The van der Waals surface area contributed by atoms with E-state index in [1.165, 1.54) is 0 Å². The molecule has 1 unspecified atom stereocenters. The summed E-state index contributed by atoms with van der Waals surface area (Å²) in [7, 11) is 3.96. The minimum Gasteiger partial charge on any atom is -0.389 e. The molecule has 0 aromatic heterocycles. The maximum atomic E-state index is 11.8. The summed E-state index contributed by atoms with van der Waals surface area (Å²) in [6.45, 7) is 3.37. The lowest BCUT2D eigenvalue weighted by molar-refractivity contribution is -0.138. The lowest BCUT2D eigenvalue weighted by Crippen LogP contribution is -2.41. The number of rotatable bonds is 8. The van der Waals surface area contributed by atoms with Crippen LogP contribution in [0.3, 0.4) is 0 Å². The molecule has 2 atom stereocenters. The van der Waals surface area contributed by atoms with E-state index in [2.05, 4.69) is 17.9 Å². The van der Waals surface area contributed by atoms with Gasteiger partial charge in [0.15, 0.2) is 0 Å². The normalized spacial score (nSPS) is 13.1. The van der Waals surface area contributed by atoms with Crippen LogP contribution in [-0.2, 0) is 19.5 Å². The van der Waals surface area contributed by atoms with Crippen molar-refractivity contribution in [3.05, 3.63) is 29.8 Å². The topological polar surface area (TPSA) is 58.6 Å². The van der Waals surface area contributed by atoms with Crippen molar-refractivity contribution in [1.82, 2.24) is 5.32 Å². The Balaban J connectivity index is 2.36. The quantitative estimate of drug-likeness (QED) is 0.554. The first-order chi connectivity index (χ1) is 10.8. The monoisotopic (exact) mass is 356 g/mol. The molecule has 5 nitrogen and oxygen atoms in total. The Labute approximate surface area is 147 Å². The zero-order valence-electron chi connectivity index (χ0n) is 13.9. The molecule has 1 N–H and O–H groups in total. The summed E-state index contributed by atoms with van der Waals surface area (Å²) in [5.74, 6) is 0.100. The second-order valence-corrected chi connectivity index (χ2v) is 6.60. The van der Waals surface area contributed by atoms with Crippen molar-refractivity contribution in [3.8, 4) is 0 Å². The Morgan fingerprint density at radius 1 is 1.26 bits per heavy atom. The van der Waals surface area contributed by atoms with Gasteiger partial charge in [-0.1, -0.05) is 19.1 Å². The molecule has 128 valence electrons. The molecule has 0 bridgehead atoms. The molecule has 0 aliphatic rings. The number of nitrogens with one attached hydrogen (secondary N) is 1. The van der Waals surface area contributed by atoms with Crippen LogP contribution in [0.25, 0.3) is 0 Å². The fourth-order valence-corrected chi connectivity index (χ4v) is 2.43. The largest absolute Gasteiger partial charge is 0.389 e. The molecule has 7 heteroatoms. The molecule has 0 aliphatic heterocycles. The average molecular weight is 357 g/mol. The van der Waals surface area contributed by atoms with Gasteiger partial charge in [0.2, 0.25) is 5.91 Å². The van der Waals surface area contributed by atoms with Gasteiger partial charge in [0.05, 0.1) is 17.8 Å². The van der Waals surface area contributed by atoms with Crippen LogP contribution in [0.1, 0.15) is 19.4 Å². The maximum absolute atomic E-state index is 11.8. The number of thiol groups is 1. The fourth-order valence-electron chi connectivity index (χ4n) is 1.62. The molecule has 0 aliphatic carbocycles. The molecule has 0 spiro atoms. The Bertz CT molecular complexity index is 521. The molecule has 1 aromatic carbocycles. The molecule has 1 aromatic rings. The molecule has 23 heavy (non-hydrogen) atoms. The lowest BCUT2D eigenvalue weighted by Gasteiger charge is -2.15. The van der Waals surface area contributed by atoms with Gasteiger partial charge in [-0.15, -0.1) is 0 Å². The number of nitrogens with zero attached hydrogens (tertiary/aromatic N) is 1. The van der Waals surface area contributed by atoms with Crippen molar-refractivity contribution in [3.63, 3.8) is 0 Å². The SMILES string of the molecule is CC(CS)C(=O)N[C@@H](C)C(=O)OSCc1ccc(N(C)C)cc1. The van der Waals surface area contributed by atoms with E-state index >= 15 is 0 Å². The first kappa shape index (κ1) is 19.7. The van der Waals surface area contributed by atoms with Gasteiger partial charge in [0.1, 0.15) is 6.04 Å². The van der Waals surface area contributed by atoms with Crippen molar-refractivity contribution in [2.45, 2.75) is 25.6 Å². The number of amides is 1. The van der Waals surface area contributed by atoms with Crippen LogP contribution in [0.4, 0.5) is 5.69 Å². The van der Waals surface area contributed by atoms with E-state index in [1.54, 1.807) is 13.8 Å². The molecule has 0 radical (unpaired) electrons. The van der Waals surface area contributed by atoms with Crippen LogP contribution in [0, 0.1) is 5.92 Å². The van der Waals surface area contributed by atoms with Crippen LogP contribution >= 0.6 is 24.7 Å². The zero-order valence-corrected chi connectivity index (χ0v) is 15.6. The van der Waals surface area contributed by atoms with E-state index < -0.39 is 12.0 Å². The third-order valence-electron chi connectivity index (χ3n) is 3.25. The average Bonchev–Trinajstić information content (AvgIpc) is 2.54. The molecule has 0 saturated heterocycles. The molecule has 0 saturated carbocycles. The highest BCUT2D eigenvalue weighted by Crippen LogP contribution is 2.18. The van der Waals surface area contributed by atoms with Gasteiger partial charge in [-0.3, -0.25) is 4.79 Å². The number of hydrogen-bond acceptors (Lipinski definition) is 6. The van der Waals surface area contributed by atoms with E-state index in [0.29, 0.717) is 11.5 Å². The second kappa shape index (κ2) is 9.72. The van der Waals surface area contributed by atoms with Gasteiger partial charge in [-0.25, -0.2) is 4.79 Å². The van der Waals surface area contributed by atoms with Gasteiger partial charge < -0.3 is 14.4 Å². The smallest absolute Gasteiger partial charge is 0.340 e. The van der Waals surface area contributed by atoms with Crippen molar-refractivity contribution >= 4 is 42.2 Å². The summed E-state index contributed by atoms with van der Waals surface area (Å²) >= 11 is 5.13. The van der Waals surface area contributed by atoms with Crippen LogP contribution in [-0.4, -0.2) is 37.8 Å². The maximum Gasteiger partial charge on any atom is 0.340 e. The summed E-state index contributed by atoms with van der Waals surface area (Å²) in [4.78, 5) is 25.6. The summed E-state index contributed by atoms with van der Waals surface area (Å²) in [6, 6.07) is 7.35. The Morgan fingerprint density at radius 3 is 2.39 bits per heavy atom. The summed E-state index contributed by atoms with van der Waals surface area (Å²) in [5.41, 5.74) is 2.18. The number of carbonyl (C=O) groups excluding carboxylic acids is 2. The third-order valence-corrected chi connectivity index (χ3v) is 4.53. The van der Waals surface area contributed by atoms with Gasteiger partial charge in [-0.2, -0.15) is 12.6 Å². The minimum atomic E-state index is -0.673. The van der Waals surface area contributed by atoms with Gasteiger partial charge in [-0.05, 0) is 24.6 Å². The molecular weight excluding hydrogens is 332 g/mol. The molecule has 0 fully saturated rings. The molecule has 1 amide bonds. The van der Waals surface area contributed by atoms with E-state index in [1.807, 2.05) is 43.3 Å². The van der Waals surface area contributed by atoms with Crippen molar-refractivity contribution in [2.75, 3.05) is 24.7 Å². The van der Waals surface area contributed by atoms with Gasteiger partial charge >= 0.3 is 5.97 Å². The van der Waals surface area contributed by atoms with E-state index in [-0.39, 0.29) is 11.8 Å². The number of hydrogen-bond donors (Lipinski definition) is 2. The predicted octanol–water partition coefficient (Wildman–Crippen LogP) is 2.51. The van der Waals surface area contributed by atoms with Gasteiger partial charge in [0.25, 0.3) is 0 Å². The highest BCUT2D eigenvalue weighted by molar-refractivity contribution is 7.94. The lowest BCUT2D eigenvalue weighted by atomic mass is 10.2. The van der Waals surface area contributed by atoms with Crippen LogP contribution in [0.5, 0.6) is 0 Å². The number of benzene rings is 1. The van der Waals surface area contributed by atoms with Crippen LogP contribution in [0.15, 0.2) is 24.3 Å². The summed E-state index contributed by atoms with van der Waals surface area (Å²) < 4.78 is 5.13. The molecular formula is C16H24N2O3S2. The first-order valence-corrected chi connectivity index (χ1v) is 8.90. The Morgan fingerprint density at radius 2 is 1.87 bits per heavy atom. The van der Waals surface area contributed by atoms with Crippen molar-refractivity contribution < 1.29 is 13.8 Å². The summed E-state index contributed by atoms with van der Waals surface area (Å²) in [5, 5.41) is 2.62. The second-order valence-electron chi connectivity index (χ2n) is 5.54. The van der Waals surface area contributed by atoms with Gasteiger partial charge in [0, 0.05) is 31.5 Å². The Hall–Kier alpha value is -1.34. The van der Waals surface area contributed by atoms with Crippen LogP contribution < -0.4 is 10.2 Å². The highest BCUT2D eigenvalue weighted by atomic mass is 32.2. The number of anilines is 1. The van der Waals surface area contributed by atoms with E-state index in [0.717, 1.165) is 23.3 Å². The molecule has 1 rings (SSSR count). The van der Waals surface area contributed by atoms with Crippen molar-refractivity contribution in [2.24, 2.45) is 5.92 Å². The predicted molar refractivity (Wildman–Crippen MR) is 98.8 cm³/mol. The highest BCUT2D eigenvalue weighted by Gasteiger charge is 2.20. The minimum absolute atomic E-state index is 0.200. The standard InChI is InChI=1S/C16H24N2O3S2/c1-11(9-22)15(19)17-12(2)16(20)21-23-10-13-5-7-14(8-6-13)18(3)4/h5-8,11-12,22H,9-10H2,1-4H3,(H,17,19)/t11?,12-/m0/s1. The first-order valence-electron chi connectivity index (χ1n) is 7.36. The zero-order chi connectivity index (χ0) is 17.4. The summed E-state index contributed by atoms with van der Waals surface area (Å²) in [6.07, 6.45) is 0. The van der Waals surface area contributed by atoms with Crippen molar-refractivity contribution in [1.29, 1.82) is 0 Å². The Kier molecular flexibility index (Phi) is 8.33. The molecule has 0 heterocycles. The van der Waals surface area contributed by atoms with Crippen LogP contribution in [0.2, 0.25) is 0 Å².